The molecule has 1 saturated heterocycles. The molecule has 0 bridgehead atoms. The number of esters is 1. The molecule has 0 saturated carbocycles. The molecular weight excluding hydrogens is 320 g/mol. The van der Waals surface area contributed by atoms with Gasteiger partial charge in [-0.3, -0.25) is 14.4 Å². The number of amides is 2. The van der Waals surface area contributed by atoms with Crippen molar-refractivity contribution in [3.8, 4) is 0 Å². The predicted molar refractivity (Wildman–Crippen MR) is 84.7 cm³/mol. The first kappa shape index (κ1) is 17.3. The number of benzene rings is 1. The molecule has 1 N–H and O–H groups in total. The molecule has 1 heterocycles. The largest absolute Gasteiger partial charge is 0.451 e. The van der Waals surface area contributed by atoms with Crippen molar-refractivity contribution in [3.05, 3.63) is 34.9 Å². The van der Waals surface area contributed by atoms with Gasteiger partial charge in [0.25, 0.3) is 5.91 Å². The molecule has 1 aliphatic rings. The van der Waals surface area contributed by atoms with Crippen molar-refractivity contribution in [2.75, 3.05) is 13.1 Å². The first-order valence-electron chi connectivity index (χ1n) is 7.45. The SMILES string of the molecule is C[C@H](OC(=O)CN1CCCC1=O)C(=O)NCc1ccccc1Cl. The highest BCUT2D eigenvalue weighted by atomic mass is 35.5. The standard InChI is InChI=1S/C16H19ClN2O4/c1-11(23-15(21)10-19-8-4-7-14(19)20)16(22)18-9-12-5-2-3-6-13(12)17/h2-3,5-6,11H,4,7-10H2,1H3,(H,18,22)/t11-/m0/s1. The highest BCUT2D eigenvalue weighted by Crippen LogP contribution is 2.14. The number of carbonyl (C=O) groups excluding carboxylic acids is 3. The van der Waals surface area contributed by atoms with Crippen molar-refractivity contribution < 1.29 is 19.1 Å². The summed E-state index contributed by atoms with van der Waals surface area (Å²) in [7, 11) is 0. The smallest absolute Gasteiger partial charge is 0.326 e. The molecule has 0 unspecified atom stereocenters. The average molecular weight is 339 g/mol. The highest BCUT2D eigenvalue weighted by Gasteiger charge is 2.25. The fourth-order valence-corrected chi connectivity index (χ4v) is 2.49. The molecule has 0 spiro atoms. The van der Waals surface area contributed by atoms with E-state index in [9.17, 15) is 14.4 Å². The topological polar surface area (TPSA) is 75.7 Å². The van der Waals surface area contributed by atoms with E-state index in [2.05, 4.69) is 5.32 Å². The van der Waals surface area contributed by atoms with E-state index in [0.717, 1.165) is 12.0 Å². The van der Waals surface area contributed by atoms with Crippen LogP contribution in [0.5, 0.6) is 0 Å². The lowest BCUT2D eigenvalue weighted by Crippen LogP contribution is -2.39. The zero-order chi connectivity index (χ0) is 16.8. The van der Waals surface area contributed by atoms with Crippen molar-refractivity contribution >= 4 is 29.4 Å². The number of halogens is 1. The quantitative estimate of drug-likeness (QED) is 0.798. The molecule has 124 valence electrons. The second kappa shape index (κ2) is 7.97. The van der Waals surface area contributed by atoms with Crippen LogP contribution in [0.1, 0.15) is 25.3 Å². The van der Waals surface area contributed by atoms with Crippen molar-refractivity contribution in [2.24, 2.45) is 0 Å². The van der Waals surface area contributed by atoms with E-state index in [4.69, 9.17) is 16.3 Å². The minimum absolute atomic E-state index is 0.0576. The van der Waals surface area contributed by atoms with Crippen molar-refractivity contribution in [3.63, 3.8) is 0 Å². The number of nitrogens with one attached hydrogen (secondary N) is 1. The van der Waals surface area contributed by atoms with Gasteiger partial charge in [0, 0.05) is 24.5 Å². The molecule has 0 aliphatic carbocycles. The predicted octanol–water partition coefficient (Wildman–Crippen LogP) is 1.51. The molecule has 23 heavy (non-hydrogen) atoms. The summed E-state index contributed by atoms with van der Waals surface area (Å²) in [6, 6.07) is 7.17. The number of likely N-dealkylation sites (tertiary alicyclic amines) is 1. The monoisotopic (exact) mass is 338 g/mol. The van der Waals surface area contributed by atoms with Crippen LogP contribution in [-0.2, 0) is 25.7 Å². The van der Waals surface area contributed by atoms with Crippen LogP contribution in [-0.4, -0.2) is 41.9 Å². The highest BCUT2D eigenvalue weighted by molar-refractivity contribution is 6.31. The number of ether oxygens (including phenoxy) is 1. The molecule has 1 atom stereocenters. The zero-order valence-corrected chi connectivity index (χ0v) is 13.6. The van der Waals surface area contributed by atoms with Crippen LogP contribution in [0.25, 0.3) is 0 Å². The van der Waals surface area contributed by atoms with E-state index in [1.807, 2.05) is 6.07 Å². The van der Waals surface area contributed by atoms with Gasteiger partial charge in [0.2, 0.25) is 5.91 Å². The van der Waals surface area contributed by atoms with E-state index in [1.54, 1.807) is 18.2 Å². The Balaban J connectivity index is 1.77. The Hall–Kier alpha value is -2.08. The first-order chi connectivity index (χ1) is 11.0. The van der Waals surface area contributed by atoms with Gasteiger partial charge in [-0.2, -0.15) is 0 Å². The Labute approximate surface area is 139 Å². The number of nitrogens with zero attached hydrogens (tertiary/aromatic N) is 1. The summed E-state index contributed by atoms with van der Waals surface area (Å²) >= 11 is 6.01. The Morgan fingerprint density at radius 3 is 2.78 bits per heavy atom. The molecule has 1 aliphatic heterocycles. The van der Waals surface area contributed by atoms with Gasteiger partial charge in [-0.15, -0.1) is 0 Å². The maximum atomic E-state index is 12.0. The van der Waals surface area contributed by atoms with Crippen molar-refractivity contribution in [2.45, 2.75) is 32.4 Å². The van der Waals surface area contributed by atoms with Crippen LogP contribution in [0.15, 0.2) is 24.3 Å². The zero-order valence-electron chi connectivity index (χ0n) is 12.9. The van der Waals surface area contributed by atoms with Crippen LogP contribution in [0, 0.1) is 0 Å². The summed E-state index contributed by atoms with van der Waals surface area (Å²) in [5, 5.41) is 3.23. The number of hydrogen-bond donors (Lipinski definition) is 1. The van der Waals surface area contributed by atoms with Gasteiger partial charge in [-0.05, 0) is 25.0 Å². The van der Waals surface area contributed by atoms with Crippen LogP contribution in [0.3, 0.4) is 0 Å². The Morgan fingerprint density at radius 1 is 1.39 bits per heavy atom. The van der Waals surface area contributed by atoms with Crippen molar-refractivity contribution in [1.29, 1.82) is 0 Å². The summed E-state index contributed by atoms with van der Waals surface area (Å²) in [5.41, 5.74) is 0.781. The van der Waals surface area contributed by atoms with E-state index in [1.165, 1.54) is 11.8 Å². The van der Waals surface area contributed by atoms with Crippen LogP contribution < -0.4 is 5.32 Å². The number of carbonyl (C=O) groups is 3. The Bertz CT molecular complexity index is 605. The lowest BCUT2D eigenvalue weighted by molar-refractivity contribution is -0.157. The van der Waals surface area contributed by atoms with Crippen LogP contribution in [0.4, 0.5) is 0 Å². The van der Waals surface area contributed by atoms with Crippen LogP contribution in [0.2, 0.25) is 5.02 Å². The molecule has 0 radical (unpaired) electrons. The summed E-state index contributed by atoms with van der Waals surface area (Å²) in [6.07, 6.45) is 0.281. The maximum Gasteiger partial charge on any atom is 0.326 e. The van der Waals surface area contributed by atoms with Gasteiger partial charge in [-0.1, -0.05) is 29.8 Å². The average Bonchev–Trinajstić information content (AvgIpc) is 2.91. The van der Waals surface area contributed by atoms with Crippen LogP contribution >= 0.6 is 11.6 Å². The maximum absolute atomic E-state index is 12.0. The van der Waals surface area contributed by atoms with E-state index < -0.39 is 18.0 Å². The molecule has 2 rings (SSSR count). The lowest BCUT2D eigenvalue weighted by Gasteiger charge is -2.17. The molecule has 1 fully saturated rings. The van der Waals surface area contributed by atoms with Gasteiger partial charge < -0.3 is 15.0 Å². The fourth-order valence-electron chi connectivity index (χ4n) is 2.28. The first-order valence-corrected chi connectivity index (χ1v) is 7.83. The lowest BCUT2D eigenvalue weighted by atomic mass is 10.2. The minimum atomic E-state index is -0.928. The summed E-state index contributed by atoms with van der Waals surface area (Å²) in [4.78, 5) is 36.6. The van der Waals surface area contributed by atoms with Gasteiger partial charge in [0.1, 0.15) is 6.54 Å². The van der Waals surface area contributed by atoms with E-state index in [0.29, 0.717) is 18.0 Å². The van der Waals surface area contributed by atoms with Gasteiger partial charge in [-0.25, -0.2) is 0 Å². The third kappa shape index (κ3) is 4.96. The van der Waals surface area contributed by atoms with Gasteiger partial charge in [0.05, 0.1) is 0 Å². The minimum Gasteiger partial charge on any atom is -0.451 e. The second-order valence-electron chi connectivity index (χ2n) is 5.36. The summed E-state index contributed by atoms with van der Waals surface area (Å²) in [5.74, 6) is -1.05. The normalized spacial score (nSPS) is 15.4. The Morgan fingerprint density at radius 2 is 2.13 bits per heavy atom. The summed E-state index contributed by atoms with van der Waals surface area (Å²) in [6.45, 7) is 2.19. The van der Waals surface area contributed by atoms with Gasteiger partial charge >= 0.3 is 5.97 Å². The van der Waals surface area contributed by atoms with E-state index >= 15 is 0 Å². The number of rotatable bonds is 6. The van der Waals surface area contributed by atoms with E-state index in [-0.39, 0.29) is 19.0 Å². The third-order valence-corrected chi connectivity index (χ3v) is 3.95. The molecule has 1 aromatic carbocycles. The molecular formula is C16H19ClN2O4. The molecule has 6 nitrogen and oxygen atoms in total. The van der Waals surface area contributed by atoms with Crippen molar-refractivity contribution in [1.82, 2.24) is 10.2 Å². The fraction of sp³-hybridized carbons (Fsp3) is 0.438. The molecule has 0 aromatic heterocycles. The second-order valence-corrected chi connectivity index (χ2v) is 5.77. The number of hydrogen-bond acceptors (Lipinski definition) is 4. The Kier molecular flexibility index (Phi) is 5.98. The summed E-state index contributed by atoms with van der Waals surface area (Å²) < 4.78 is 5.06. The van der Waals surface area contributed by atoms with Gasteiger partial charge in [0.15, 0.2) is 6.10 Å². The molecule has 1 aromatic rings. The molecule has 2 amide bonds. The third-order valence-electron chi connectivity index (χ3n) is 3.58. The molecule has 7 heteroatoms.